The summed E-state index contributed by atoms with van der Waals surface area (Å²) in [5.74, 6) is 0.506. The van der Waals surface area contributed by atoms with Crippen molar-refractivity contribution in [1.82, 2.24) is 0 Å². The molecule has 24 heavy (non-hydrogen) atoms. The summed E-state index contributed by atoms with van der Waals surface area (Å²) in [6, 6.07) is 21.8. The highest BCUT2D eigenvalue weighted by molar-refractivity contribution is 6.30. The standard InChI is InChI=1S/C20H17ClFNO/c21-17-7-9-19(10-8-17)23-13-15-3-2-6-20(12-15)24-14-16-4-1-5-18(22)11-16/h1-12,23H,13-14H2. The van der Waals surface area contributed by atoms with Gasteiger partial charge in [-0.25, -0.2) is 4.39 Å². The maximum Gasteiger partial charge on any atom is 0.123 e. The number of rotatable bonds is 6. The average Bonchev–Trinajstić information content (AvgIpc) is 2.60. The molecule has 2 nitrogen and oxygen atoms in total. The minimum absolute atomic E-state index is 0.253. The molecule has 0 aliphatic carbocycles. The Hall–Kier alpha value is -2.52. The molecule has 0 aliphatic rings. The molecule has 0 spiro atoms. The van der Waals surface area contributed by atoms with Crippen molar-refractivity contribution in [3.63, 3.8) is 0 Å². The molecule has 0 saturated carbocycles. The number of anilines is 1. The van der Waals surface area contributed by atoms with Crippen molar-refractivity contribution in [3.8, 4) is 5.75 Å². The Bertz CT molecular complexity index is 805. The van der Waals surface area contributed by atoms with Crippen LogP contribution < -0.4 is 10.1 Å². The van der Waals surface area contributed by atoms with Crippen molar-refractivity contribution in [1.29, 1.82) is 0 Å². The lowest BCUT2D eigenvalue weighted by atomic mass is 10.2. The van der Waals surface area contributed by atoms with Crippen LogP contribution in [0, 0.1) is 5.82 Å². The van der Waals surface area contributed by atoms with Crippen LogP contribution in [0.2, 0.25) is 5.02 Å². The molecular weight excluding hydrogens is 325 g/mol. The van der Waals surface area contributed by atoms with Crippen LogP contribution in [0.15, 0.2) is 72.8 Å². The molecule has 0 saturated heterocycles. The Morgan fingerprint density at radius 1 is 0.875 bits per heavy atom. The lowest BCUT2D eigenvalue weighted by Gasteiger charge is -2.10. The summed E-state index contributed by atoms with van der Waals surface area (Å²) in [5, 5.41) is 4.05. The number of halogens is 2. The quantitative estimate of drug-likeness (QED) is 0.623. The highest BCUT2D eigenvalue weighted by atomic mass is 35.5. The van der Waals surface area contributed by atoms with Crippen LogP contribution in [-0.4, -0.2) is 0 Å². The number of benzene rings is 3. The molecule has 3 aromatic carbocycles. The lowest BCUT2D eigenvalue weighted by Crippen LogP contribution is -2.00. The minimum Gasteiger partial charge on any atom is -0.489 e. The molecule has 0 radical (unpaired) electrons. The second-order valence-electron chi connectivity index (χ2n) is 5.43. The van der Waals surface area contributed by atoms with E-state index in [1.165, 1.54) is 12.1 Å². The summed E-state index contributed by atoms with van der Waals surface area (Å²) in [6.45, 7) is 1.02. The highest BCUT2D eigenvalue weighted by Crippen LogP contribution is 2.18. The molecule has 0 amide bonds. The first-order chi connectivity index (χ1) is 11.7. The van der Waals surface area contributed by atoms with Gasteiger partial charge in [0.05, 0.1) is 0 Å². The summed E-state index contributed by atoms with van der Waals surface area (Å²) >= 11 is 5.88. The Morgan fingerprint density at radius 2 is 1.62 bits per heavy atom. The molecular formula is C20H17ClFNO. The van der Waals surface area contributed by atoms with Crippen molar-refractivity contribution in [2.45, 2.75) is 13.2 Å². The average molecular weight is 342 g/mol. The van der Waals surface area contributed by atoms with Gasteiger partial charge in [0.2, 0.25) is 0 Å². The van der Waals surface area contributed by atoms with Crippen molar-refractivity contribution in [2.75, 3.05) is 5.32 Å². The van der Waals surface area contributed by atoms with Crippen LogP contribution in [0.5, 0.6) is 5.75 Å². The first-order valence-corrected chi connectivity index (χ1v) is 8.02. The van der Waals surface area contributed by atoms with Gasteiger partial charge < -0.3 is 10.1 Å². The summed E-state index contributed by atoms with van der Waals surface area (Å²) in [6.07, 6.45) is 0. The zero-order valence-electron chi connectivity index (χ0n) is 13.0. The third-order valence-electron chi connectivity index (χ3n) is 3.53. The van der Waals surface area contributed by atoms with E-state index >= 15 is 0 Å². The van der Waals surface area contributed by atoms with Crippen LogP contribution in [0.4, 0.5) is 10.1 Å². The van der Waals surface area contributed by atoms with Gasteiger partial charge in [-0.05, 0) is 59.7 Å². The van der Waals surface area contributed by atoms with Crippen LogP contribution in [0.3, 0.4) is 0 Å². The molecule has 0 aliphatic heterocycles. The van der Waals surface area contributed by atoms with Crippen LogP contribution in [0.1, 0.15) is 11.1 Å². The molecule has 0 atom stereocenters. The monoisotopic (exact) mass is 341 g/mol. The van der Waals surface area contributed by atoms with Crippen LogP contribution in [0.25, 0.3) is 0 Å². The van der Waals surface area contributed by atoms with Gasteiger partial charge in [-0.2, -0.15) is 0 Å². The first kappa shape index (κ1) is 16.3. The van der Waals surface area contributed by atoms with Crippen molar-refractivity contribution in [3.05, 3.63) is 94.8 Å². The second kappa shape index (κ2) is 7.84. The Morgan fingerprint density at radius 3 is 2.42 bits per heavy atom. The second-order valence-corrected chi connectivity index (χ2v) is 5.86. The van der Waals surface area contributed by atoms with Gasteiger partial charge in [0, 0.05) is 17.3 Å². The summed E-state index contributed by atoms with van der Waals surface area (Å²) in [5.41, 5.74) is 2.91. The lowest BCUT2D eigenvalue weighted by molar-refractivity contribution is 0.305. The zero-order valence-corrected chi connectivity index (χ0v) is 13.8. The van der Waals surface area contributed by atoms with E-state index in [0.29, 0.717) is 18.2 Å². The zero-order chi connectivity index (χ0) is 16.8. The molecule has 3 rings (SSSR count). The SMILES string of the molecule is Fc1cccc(COc2cccc(CNc3ccc(Cl)cc3)c2)c1. The van der Waals surface area contributed by atoms with Gasteiger partial charge in [-0.1, -0.05) is 35.9 Å². The van der Waals surface area contributed by atoms with Crippen molar-refractivity contribution in [2.24, 2.45) is 0 Å². The topological polar surface area (TPSA) is 21.3 Å². The summed E-state index contributed by atoms with van der Waals surface area (Å²) in [7, 11) is 0. The van der Waals surface area contributed by atoms with Gasteiger partial charge in [0.25, 0.3) is 0 Å². The van der Waals surface area contributed by atoms with Crippen molar-refractivity contribution < 1.29 is 9.13 Å². The Balaban J connectivity index is 1.58. The minimum atomic E-state index is -0.253. The Labute approximate surface area is 145 Å². The molecule has 122 valence electrons. The molecule has 0 fully saturated rings. The van der Waals surface area contributed by atoms with E-state index in [9.17, 15) is 4.39 Å². The fourth-order valence-corrected chi connectivity index (χ4v) is 2.44. The number of hydrogen-bond donors (Lipinski definition) is 1. The predicted molar refractivity (Wildman–Crippen MR) is 96.0 cm³/mol. The van der Waals surface area contributed by atoms with Gasteiger partial charge in [0.15, 0.2) is 0 Å². The maximum atomic E-state index is 13.2. The number of hydrogen-bond acceptors (Lipinski definition) is 2. The normalized spacial score (nSPS) is 10.4. The third-order valence-corrected chi connectivity index (χ3v) is 3.79. The van der Waals surface area contributed by atoms with E-state index in [4.69, 9.17) is 16.3 Å². The molecule has 0 unspecified atom stereocenters. The van der Waals surface area contributed by atoms with Crippen LogP contribution in [-0.2, 0) is 13.2 Å². The van der Waals surface area contributed by atoms with Crippen LogP contribution >= 0.6 is 11.6 Å². The van der Waals surface area contributed by atoms with Gasteiger partial charge in [-0.3, -0.25) is 0 Å². The molecule has 4 heteroatoms. The summed E-state index contributed by atoms with van der Waals surface area (Å²) < 4.78 is 18.9. The van der Waals surface area contributed by atoms with E-state index in [-0.39, 0.29) is 5.82 Å². The first-order valence-electron chi connectivity index (χ1n) is 7.65. The van der Waals surface area contributed by atoms with E-state index in [0.717, 1.165) is 22.6 Å². The van der Waals surface area contributed by atoms with Gasteiger partial charge in [-0.15, -0.1) is 0 Å². The van der Waals surface area contributed by atoms with E-state index < -0.39 is 0 Å². The third kappa shape index (κ3) is 4.74. The number of ether oxygens (including phenoxy) is 1. The van der Waals surface area contributed by atoms with E-state index in [1.807, 2.05) is 54.6 Å². The molecule has 0 aromatic heterocycles. The molecule has 1 N–H and O–H groups in total. The molecule has 0 bridgehead atoms. The van der Waals surface area contributed by atoms with Gasteiger partial charge in [0.1, 0.15) is 18.2 Å². The van der Waals surface area contributed by atoms with Crippen molar-refractivity contribution >= 4 is 17.3 Å². The molecule has 3 aromatic rings. The largest absolute Gasteiger partial charge is 0.489 e. The summed E-state index contributed by atoms with van der Waals surface area (Å²) in [4.78, 5) is 0. The highest BCUT2D eigenvalue weighted by Gasteiger charge is 2.00. The fourth-order valence-electron chi connectivity index (χ4n) is 2.31. The van der Waals surface area contributed by atoms with E-state index in [1.54, 1.807) is 6.07 Å². The fraction of sp³-hybridized carbons (Fsp3) is 0.100. The molecule has 0 heterocycles. The Kier molecular flexibility index (Phi) is 5.34. The smallest absolute Gasteiger partial charge is 0.123 e. The predicted octanol–water partition coefficient (Wildman–Crippen LogP) is 5.67. The van der Waals surface area contributed by atoms with E-state index in [2.05, 4.69) is 5.32 Å². The maximum absolute atomic E-state index is 13.2. The number of nitrogens with one attached hydrogen (secondary N) is 1. The van der Waals surface area contributed by atoms with Gasteiger partial charge >= 0.3 is 0 Å².